The molecule has 0 saturated carbocycles. The third-order valence-electron chi connectivity index (χ3n) is 2.50. The van der Waals surface area contributed by atoms with Gasteiger partial charge in [0.15, 0.2) is 9.84 Å². The molecule has 0 aromatic heterocycles. The minimum atomic E-state index is -2.73. The molecule has 1 fully saturated rings. The maximum atomic E-state index is 11.1. The molecule has 5 heteroatoms. The Balaban J connectivity index is 2.40. The number of nitrogens with zero attached hydrogens (tertiary/aromatic N) is 1. The van der Waals surface area contributed by atoms with Crippen LogP contribution in [0.1, 0.15) is 6.92 Å². The Hall–Kier alpha value is -0.130. The summed E-state index contributed by atoms with van der Waals surface area (Å²) in [5.41, 5.74) is 0. The van der Waals surface area contributed by atoms with Crippen molar-refractivity contribution in [3.8, 4) is 0 Å². The van der Waals surface area contributed by atoms with E-state index in [9.17, 15) is 8.42 Å². The summed E-state index contributed by atoms with van der Waals surface area (Å²) >= 11 is 0. The van der Waals surface area contributed by atoms with Gasteiger partial charge in [-0.15, -0.1) is 0 Å². The maximum Gasteiger partial charge on any atom is 0.152 e. The normalized spacial score (nSPS) is 25.7. The summed E-state index contributed by atoms with van der Waals surface area (Å²) in [6, 6.07) is 0.431. The van der Waals surface area contributed by atoms with Crippen molar-refractivity contribution in [1.82, 2.24) is 10.2 Å². The van der Waals surface area contributed by atoms with Gasteiger partial charge in [0.1, 0.15) is 0 Å². The van der Waals surface area contributed by atoms with Crippen LogP contribution in [0.15, 0.2) is 0 Å². The van der Waals surface area contributed by atoms with Crippen LogP contribution in [0.3, 0.4) is 0 Å². The Morgan fingerprint density at radius 2 is 1.92 bits per heavy atom. The number of likely N-dealkylation sites (N-methyl/N-ethyl adjacent to an activating group) is 1. The Labute approximate surface area is 80.2 Å². The second-order valence-electron chi connectivity index (χ2n) is 3.59. The second kappa shape index (κ2) is 4.39. The van der Waals surface area contributed by atoms with Gasteiger partial charge >= 0.3 is 0 Å². The standard InChI is InChI=1S/C8H18N2O2S/c1-8(7-9-2)10-3-5-13(11,12)6-4-10/h8-9H,3-7H2,1-2H3. The van der Waals surface area contributed by atoms with Crippen molar-refractivity contribution in [2.24, 2.45) is 0 Å². The largest absolute Gasteiger partial charge is 0.318 e. The van der Waals surface area contributed by atoms with Gasteiger partial charge in [0.25, 0.3) is 0 Å². The smallest absolute Gasteiger partial charge is 0.152 e. The molecule has 0 spiro atoms. The van der Waals surface area contributed by atoms with E-state index in [4.69, 9.17) is 0 Å². The molecule has 1 aliphatic heterocycles. The van der Waals surface area contributed by atoms with Crippen molar-refractivity contribution >= 4 is 9.84 Å². The van der Waals surface area contributed by atoms with Crippen LogP contribution in [-0.2, 0) is 9.84 Å². The van der Waals surface area contributed by atoms with E-state index < -0.39 is 9.84 Å². The topological polar surface area (TPSA) is 49.4 Å². The molecule has 0 radical (unpaired) electrons. The average Bonchev–Trinajstić information content (AvgIpc) is 2.04. The van der Waals surface area contributed by atoms with Gasteiger partial charge < -0.3 is 5.32 Å². The van der Waals surface area contributed by atoms with Gasteiger partial charge in [-0.25, -0.2) is 8.42 Å². The van der Waals surface area contributed by atoms with Crippen LogP contribution in [0.2, 0.25) is 0 Å². The minimum absolute atomic E-state index is 0.320. The monoisotopic (exact) mass is 206 g/mol. The third kappa shape index (κ3) is 3.25. The number of rotatable bonds is 3. The Morgan fingerprint density at radius 1 is 1.38 bits per heavy atom. The lowest BCUT2D eigenvalue weighted by molar-refractivity contribution is 0.223. The molecule has 13 heavy (non-hydrogen) atoms. The lowest BCUT2D eigenvalue weighted by Gasteiger charge is -2.31. The molecule has 0 bridgehead atoms. The summed E-state index contributed by atoms with van der Waals surface area (Å²) in [6.07, 6.45) is 0. The van der Waals surface area contributed by atoms with E-state index in [0.717, 1.165) is 6.54 Å². The van der Waals surface area contributed by atoms with Gasteiger partial charge in [0.2, 0.25) is 0 Å². The Kier molecular flexibility index (Phi) is 3.70. The molecule has 1 unspecified atom stereocenters. The van der Waals surface area contributed by atoms with Gasteiger partial charge in [0, 0.05) is 25.7 Å². The van der Waals surface area contributed by atoms with Gasteiger partial charge in [-0.2, -0.15) is 0 Å². The van der Waals surface area contributed by atoms with Crippen LogP contribution in [0.25, 0.3) is 0 Å². The Morgan fingerprint density at radius 3 is 2.38 bits per heavy atom. The first-order valence-electron chi connectivity index (χ1n) is 4.64. The molecule has 1 rings (SSSR count). The van der Waals surface area contributed by atoms with E-state index >= 15 is 0 Å². The highest BCUT2D eigenvalue weighted by Gasteiger charge is 2.24. The van der Waals surface area contributed by atoms with Crippen LogP contribution < -0.4 is 5.32 Å². The summed E-state index contributed by atoms with van der Waals surface area (Å²) < 4.78 is 22.3. The fraction of sp³-hybridized carbons (Fsp3) is 1.00. The third-order valence-corrected chi connectivity index (χ3v) is 4.11. The van der Waals surface area contributed by atoms with E-state index in [1.165, 1.54) is 0 Å². The quantitative estimate of drug-likeness (QED) is 0.665. The molecule has 1 saturated heterocycles. The van der Waals surface area contributed by atoms with Crippen molar-refractivity contribution in [2.75, 3.05) is 38.2 Å². The summed E-state index contributed by atoms with van der Waals surface area (Å²) in [5.74, 6) is 0.641. The molecule has 0 aliphatic carbocycles. The number of hydrogen-bond donors (Lipinski definition) is 1. The average molecular weight is 206 g/mol. The fourth-order valence-electron chi connectivity index (χ4n) is 1.59. The summed E-state index contributed by atoms with van der Waals surface area (Å²) in [6.45, 7) is 4.41. The van der Waals surface area contributed by atoms with Crippen molar-refractivity contribution in [1.29, 1.82) is 0 Å². The molecule has 0 aromatic rings. The lowest BCUT2D eigenvalue weighted by Crippen LogP contribution is -2.47. The fourth-order valence-corrected chi connectivity index (χ4v) is 2.82. The predicted molar refractivity (Wildman–Crippen MR) is 53.6 cm³/mol. The number of nitrogens with one attached hydrogen (secondary N) is 1. The minimum Gasteiger partial charge on any atom is -0.318 e. The number of hydrogen-bond acceptors (Lipinski definition) is 4. The first-order chi connectivity index (χ1) is 6.05. The molecule has 0 aromatic carbocycles. The van der Waals surface area contributed by atoms with Crippen LogP contribution in [0, 0.1) is 0 Å². The Bertz CT molecular complexity index is 237. The predicted octanol–water partition coefficient (Wildman–Crippen LogP) is -0.675. The van der Waals surface area contributed by atoms with Crippen molar-refractivity contribution in [3.05, 3.63) is 0 Å². The van der Waals surface area contributed by atoms with Crippen LogP contribution in [-0.4, -0.2) is 57.5 Å². The zero-order chi connectivity index (χ0) is 9.90. The molecule has 1 N–H and O–H groups in total. The van der Waals surface area contributed by atoms with Gasteiger partial charge in [-0.3, -0.25) is 4.90 Å². The van der Waals surface area contributed by atoms with E-state index in [1.807, 2.05) is 7.05 Å². The van der Waals surface area contributed by atoms with Gasteiger partial charge in [-0.1, -0.05) is 0 Å². The first kappa shape index (κ1) is 10.9. The highest BCUT2D eigenvalue weighted by atomic mass is 32.2. The van der Waals surface area contributed by atoms with Crippen LogP contribution >= 0.6 is 0 Å². The second-order valence-corrected chi connectivity index (χ2v) is 5.90. The van der Waals surface area contributed by atoms with Gasteiger partial charge in [-0.05, 0) is 14.0 Å². The van der Waals surface area contributed by atoms with Crippen molar-refractivity contribution in [2.45, 2.75) is 13.0 Å². The van der Waals surface area contributed by atoms with Crippen LogP contribution in [0.4, 0.5) is 0 Å². The SMILES string of the molecule is CNCC(C)N1CCS(=O)(=O)CC1. The van der Waals surface area contributed by atoms with E-state index in [2.05, 4.69) is 17.1 Å². The van der Waals surface area contributed by atoms with E-state index in [-0.39, 0.29) is 0 Å². The molecular weight excluding hydrogens is 188 g/mol. The molecule has 4 nitrogen and oxygen atoms in total. The zero-order valence-corrected chi connectivity index (χ0v) is 9.10. The molecule has 1 heterocycles. The number of sulfone groups is 1. The summed E-state index contributed by atoms with van der Waals surface area (Å²) in [5, 5.41) is 3.09. The molecule has 78 valence electrons. The lowest BCUT2D eigenvalue weighted by atomic mass is 10.3. The summed E-state index contributed by atoms with van der Waals surface area (Å²) in [7, 11) is -0.812. The van der Waals surface area contributed by atoms with E-state index in [0.29, 0.717) is 30.6 Å². The first-order valence-corrected chi connectivity index (χ1v) is 6.46. The molecule has 1 aliphatic rings. The summed E-state index contributed by atoms with van der Waals surface area (Å²) in [4.78, 5) is 2.22. The zero-order valence-electron chi connectivity index (χ0n) is 8.28. The molecule has 1 atom stereocenters. The van der Waals surface area contributed by atoms with E-state index in [1.54, 1.807) is 0 Å². The maximum absolute atomic E-state index is 11.1. The molecular formula is C8H18N2O2S. The highest BCUT2D eigenvalue weighted by Crippen LogP contribution is 2.06. The van der Waals surface area contributed by atoms with Crippen molar-refractivity contribution in [3.63, 3.8) is 0 Å². The van der Waals surface area contributed by atoms with Gasteiger partial charge in [0.05, 0.1) is 11.5 Å². The molecule has 0 amide bonds. The van der Waals surface area contributed by atoms with Crippen LogP contribution in [0.5, 0.6) is 0 Å². The van der Waals surface area contributed by atoms with Crippen molar-refractivity contribution < 1.29 is 8.42 Å². The highest BCUT2D eigenvalue weighted by molar-refractivity contribution is 7.91.